The van der Waals surface area contributed by atoms with Crippen molar-refractivity contribution in [2.24, 2.45) is 11.8 Å². The molecule has 19 heteroatoms. The summed E-state index contributed by atoms with van der Waals surface area (Å²) in [4.78, 5) is 72.2. The van der Waals surface area contributed by atoms with Crippen molar-refractivity contribution in [1.82, 2.24) is 0 Å². The summed E-state index contributed by atoms with van der Waals surface area (Å²) in [5, 5.41) is 10.5. The molecule has 0 aliphatic carbocycles. The number of carbonyl (C=O) groups excluding carboxylic acids is 4. The van der Waals surface area contributed by atoms with Crippen LogP contribution in [0.4, 0.5) is 0 Å². The van der Waals surface area contributed by atoms with Crippen molar-refractivity contribution in [3.63, 3.8) is 0 Å². The largest absolute Gasteiger partial charge is 0.472 e. The monoisotopic (exact) mass is 1270 g/mol. The molecule has 0 amide bonds. The highest BCUT2D eigenvalue weighted by molar-refractivity contribution is 7.47. The lowest BCUT2D eigenvalue weighted by atomic mass is 10.0. The molecule has 0 aromatic carbocycles. The third-order valence-electron chi connectivity index (χ3n) is 15.5. The fraction of sp³-hybridized carbons (Fsp3) is 0.940. The zero-order valence-electron chi connectivity index (χ0n) is 55.6. The maximum absolute atomic E-state index is 13.0. The van der Waals surface area contributed by atoms with Crippen LogP contribution in [0.2, 0.25) is 0 Å². The summed E-state index contributed by atoms with van der Waals surface area (Å²) in [5.41, 5.74) is 0. The van der Waals surface area contributed by atoms with Crippen LogP contribution in [-0.4, -0.2) is 96.7 Å². The molecule has 17 nitrogen and oxygen atoms in total. The summed E-state index contributed by atoms with van der Waals surface area (Å²) in [7, 11) is -9.88. The van der Waals surface area contributed by atoms with Gasteiger partial charge in [0.15, 0.2) is 12.2 Å². The Morgan fingerprint density at radius 3 is 0.791 bits per heavy atom. The molecule has 0 aliphatic rings. The van der Waals surface area contributed by atoms with Crippen molar-refractivity contribution < 1.29 is 80.2 Å². The number of esters is 4. The molecule has 0 aliphatic heterocycles. The lowest BCUT2D eigenvalue weighted by Crippen LogP contribution is -2.30. The highest BCUT2D eigenvalue weighted by atomic mass is 31.2. The van der Waals surface area contributed by atoms with E-state index in [9.17, 15) is 43.2 Å². The summed E-state index contributed by atoms with van der Waals surface area (Å²) in [6.45, 7) is 9.48. The van der Waals surface area contributed by atoms with Crippen LogP contribution in [0.3, 0.4) is 0 Å². The molecule has 0 fully saturated rings. The molecule has 0 rings (SSSR count). The Labute approximate surface area is 524 Å². The van der Waals surface area contributed by atoms with E-state index in [0.717, 1.165) is 121 Å². The first kappa shape index (κ1) is 84.1. The molecule has 0 aromatic rings. The van der Waals surface area contributed by atoms with Gasteiger partial charge < -0.3 is 33.8 Å². The van der Waals surface area contributed by atoms with Gasteiger partial charge in [0, 0.05) is 25.7 Å². The molecule has 0 saturated heterocycles. The number of unbranched alkanes of at least 4 members (excludes halogenated alkanes) is 36. The average Bonchev–Trinajstić information content (AvgIpc) is 3.69. The molecular weight excluding hydrogens is 1140 g/mol. The number of rotatable bonds is 66. The minimum atomic E-state index is -4.95. The Bertz CT molecular complexity index is 1680. The fourth-order valence-electron chi connectivity index (χ4n) is 10.1. The Hall–Kier alpha value is -1.94. The lowest BCUT2D eigenvalue weighted by molar-refractivity contribution is -0.161. The Morgan fingerprint density at radius 1 is 0.314 bits per heavy atom. The maximum atomic E-state index is 13.0. The predicted molar refractivity (Wildman–Crippen MR) is 345 cm³/mol. The van der Waals surface area contributed by atoms with Gasteiger partial charge in [0.25, 0.3) is 0 Å². The Balaban J connectivity index is 5.18. The topological polar surface area (TPSA) is 237 Å². The molecule has 0 saturated carbocycles. The number of ether oxygens (including phenoxy) is 4. The van der Waals surface area contributed by atoms with Gasteiger partial charge in [-0.1, -0.05) is 286 Å². The number of hydrogen-bond acceptors (Lipinski definition) is 15. The molecular formula is C67H130O17P2. The van der Waals surface area contributed by atoms with E-state index in [2.05, 4.69) is 41.5 Å². The fourth-order valence-corrected chi connectivity index (χ4v) is 11.6. The van der Waals surface area contributed by atoms with E-state index in [1.807, 2.05) is 0 Å². The number of carbonyl (C=O) groups is 4. The predicted octanol–water partition coefficient (Wildman–Crippen LogP) is 18.8. The van der Waals surface area contributed by atoms with Crippen LogP contribution in [0.15, 0.2) is 0 Å². The second-order valence-corrected chi connectivity index (χ2v) is 28.1. The SMILES string of the molecule is CCCCCCCCCCC(=O)O[C@H](COC(=O)CCCCCCCCC)COP(=O)(O)OC[C@H](O)COP(=O)(O)OC[C@@H](COC(=O)CCCCCCCCCCCCCC(C)C)OC(=O)CCCCCCCCCCCCCCCCC(C)C. The van der Waals surface area contributed by atoms with Gasteiger partial charge in [0.2, 0.25) is 0 Å². The molecule has 0 heterocycles. The second kappa shape index (κ2) is 59.4. The van der Waals surface area contributed by atoms with Gasteiger partial charge in [-0.2, -0.15) is 0 Å². The van der Waals surface area contributed by atoms with E-state index in [1.165, 1.54) is 135 Å². The van der Waals surface area contributed by atoms with E-state index in [-0.39, 0.29) is 25.7 Å². The van der Waals surface area contributed by atoms with Gasteiger partial charge in [-0.3, -0.25) is 37.3 Å². The molecule has 3 N–H and O–H groups in total. The summed E-state index contributed by atoms with van der Waals surface area (Å²) in [6.07, 6.45) is 43.2. The van der Waals surface area contributed by atoms with Crippen molar-refractivity contribution in [3.8, 4) is 0 Å². The van der Waals surface area contributed by atoms with Gasteiger partial charge in [0.1, 0.15) is 19.3 Å². The van der Waals surface area contributed by atoms with E-state index < -0.39 is 97.5 Å². The number of aliphatic hydroxyl groups is 1. The van der Waals surface area contributed by atoms with Gasteiger partial charge in [-0.15, -0.1) is 0 Å². The second-order valence-electron chi connectivity index (χ2n) is 25.2. The summed E-state index contributed by atoms with van der Waals surface area (Å²) in [6, 6.07) is 0. The van der Waals surface area contributed by atoms with Crippen molar-refractivity contribution >= 4 is 39.5 Å². The number of phosphoric ester groups is 2. The first-order chi connectivity index (χ1) is 41.4. The van der Waals surface area contributed by atoms with Gasteiger partial charge in [-0.25, -0.2) is 9.13 Å². The molecule has 5 atom stereocenters. The molecule has 86 heavy (non-hydrogen) atoms. The highest BCUT2D eigenvalue weighted by Crippen LogP contribution is 2.45. The first-order valence-corrected chi connectivity index (χ1v) is 38.0. The molecule has 0 spiro atoms. The van der Waals surface area contributed by atoms with Gasteiger partial charge in [0.05, 0.1) is 26.4 Å². The zero-order valence-corrected chi connectivity index (χ0v) is 57.4. The number of hydrogen-bond donors (Lipinski definition) is 3. The standard InChI is InChI=1S/C67H130O17P2/c1-7-9-11-13-15-32-39-45-51-66(71)83-62(55-77-64(69)49-43-37-29-14-12-10-8-2)57-81-85(73,74)79-53-61(68)54-80-86(75,76)82-58-63(56-78-65(70)50-44-38-33-27-24-20-22-26-31-36-42-48-60(5)6)84-67(72)52-46-40-34-28-23-19-17-16-18-21-25-30-35-41-47-59(3)4/h59-63,68H,7-58H2,1-6H3,(H,73,74)(H,75,76)/t61-,62+,63+/m0/s1. The maximum Gasteiger partial charge on any atom is 0.472 e. The average molecular weight is 1270 g/mol. The number of phosphoric acid groups is 2. The van der Waals surface area contributed by atoms with E-state index in [0.29, 0.717) is 25.7 Å². The van der Waals surface area contributed by atoms with E-state index in [4.69, 9.17) is 37.0 Å². The minimum Gasteiger partial charge on any atom is -0.462 e. The Morgan fingerprint density at radius 2 is 0.535 bits per heavy atom. The van der Waals surface area contributed by atoms with Crippen LogP contribution < -0.4 is 0 Å². The van der Waals surface area contributed by atoms with Crippen molar-refractivity contribution in [3.05, 3.63) is 0 Å². The van der Waals surface area contributed by atoms with Gasteiger partial charge >= 0.3 is 39.5 Å². The zero-order chi connectivity index (χ0) is 63.6. The van der Waals surface area contributed by atoms with Crippen LogP contribution in [0.25, 0.3) is 0 Å². The van der Waals surface area contributed by atoms with Crippen molar-refractivity contribution in [1.29, 1.82) is 0 Å². The number of aliphatic hydroxyl groups excluding tert-OH is 1. The highest BCUT2D eigenvalue weighted by Gasteiger charge is 2.30. The lowest BCUT2D eigenvalue weighted by Gasteiger charge is -2.21. The molecule has 510 valence electrons. The smallest absolute Gasteiger partial charge is 0.462 e. The quantitative estimate of drug-likeness (QED) is 0.0222. The molecule has 0 bridgehead atoms. The van der Waals surface area contributed by atoms with Crippen LogP contribution >= 0.6 is 15.6 Å². The van der Waals surface area contributed by atoms with Crippen molar-refractivity contribution in [2.75, 3.05) is 39.6 Å². The molecule has 0 radical (unpaired) electrons. The third-order valence-corrected chi connectivity index (χ3v) is 17.4. The van der Waals surface area contributed by atoms with Gasteiger partial charge in [-0.05, 0) is 37.5 Å². The molecule has 0 aromatic heterocycles. The van der Waals surface area contributed by atoms with Crippen molar-refractivity contribution in [2.45, 2.75) is 355 Å². The Kier molecular flexibility index (Phi) is 58.0. The summed E-state index contributed by atoms with van der Waals surface area (Å²) < 4.78 is 68.0. The van der Waals surface area contributed by atoms with E-state index in [1.54, 1.807) is 0 Å². The first-order valence-electron chi connectivity index (χ1n) is 35.0. The van der Waals surface area contributed by atoms with Crippen LogP contribution in [-0.2, 0) is 65.4 Å². The summed E-state index contributed by atoms with van der Waals surface area (Å²) in [5.74, 6) is -0.569. The molecule has 2 unspecified atom stereocenters. The van der Waals surface area contributed by atoms with Crippen LogP contribution in [0.5, 0.6) is 0 Å². The summed E-state index contributed by atoms with van der Waals surface area (Å²) >= 11 is 0. The normalized spacial score (nSPS) is 14.2. The third kappa shape index (κ3) is 60.9. The van der Waals surface area contributed by atoms with Crippen LogP contribution in [0, 0.1) is 11.8 Å². The van der Waals surface area contributed by atoms with Crippen LogP contribution in [0.1, 0.15) is 337 Å². The minimum absolute atomic E-state index is 0.104. The van der Waals surface area contributed by atoms with E-state index >= 15 is 0 Å².